The summed E-state index contributed by atoms with van der Waals surface area (Å²) in [4.78, 5) is 24.6. The molecule has 1 aliphatic rings. The van der Waals surface area contributed by atoms with E-state index in [1.54, 1.807) is 0 Å². The standard InChI is InChI=1S/C14H26N2O2/c15-13(17)9-5-4-6-10-14(18)16-11-7-2-1-3-8-12-16/h1-12H2,(H2,15,17). The zero-order valence-corrected chi connectivity index (χ0v) is 11.3. The van der Waals surface area contributed by atoms with Crippen molar-refractivity contribution in [3.05, 3.63) is 0 Å². The Morgan fingerprint density at radius 1 is 0.833 bits per heavy atom. The number of primary amides is 1. The topological polar surface area (TPSA) is 63.4 Å². The van der Waals surface area contributed by atoms with Gasteiger partial charge in [-0.15, -0.1) is 0 Å². The third-order valence-corrected chi connectivity index (χ3v) is 3.52. The molecule has 0 aromatic rings. The van der Waals surface area contributed by atoms with Gasteiger partial charge in [-0.2, -0.15) is 0 Å². The quantitative estimate of drug-likeness (QED) is 0.739. The van der Waals surface area contributed by atoms with Crippen molar-refractivity contribution in [1.82, 2.24) is 4.90 Å². The van der Waals surface area contributed by atoms with Gasteiger partial charge in [0.05, 0.1) is 0 Å². The highest BCUT2D eigenvalue weighted by atomic mass is 16.2. The molecule has 4 nitrogen and oxygen atoms in total. The van der Waals surface area contributed by atoms with E-state index in [-0.39, 0.29) is 11.8 Å². The van der Waals surface area contributed by atoms with E-state index in [2.05, 4.69) is 0 Å². The largest absolute Gasteiger partial charge is 0.370 e. The molecule has 0 atom stereocenters. The van der Waals surface area contributed by atoms with Crippen molar-refractivity contribution in [3.8, 4) is 0 Å². The zero-order chi connectivity index (χ0) is 13.2. The molecule has 1 saturated heterocycles. The van der Waals surface area contributed by atoms with Crippen LogP contribution in [0.25, 0.3) is 0 Å². The lowest BCUT2D eigenvalue weighted by Gasteiger charge is -2.24. The van der Waals surface area contributed by atoms with Crippen LogP contribution < -0.4 is 5.73 Å². The Morgan fingerprint density at radius 3 is 2.00 bits per heavy atom. The normalized spacial score (nSPS) is 17.0. The van der Waals surface area contributed by atoms with Gasteiger partial charge in [0.25, 0.3) is 0 Å². The minimum absolute atomic E-state index is 0.245. The van der Waals surface area contributed by atoms with E-state index in [9.17, 15) is 9.59 Å². The Bertz CT molecular complexity index is 259. The molecule has 18 heavy (non-hydrogen) atoms. The minimum atomic E-state index is -0.245. The van der Waals surface area contributed by atoms with Crippen LogP contribution in [0, 0.1) is 0 Å². The van der Waals surface area contributed by atoms with Crippen LogP contribution in [0.1, 0.15) is 64.2 Å². The van der Waals surface area contributed by atoms with Crippen molar-refractivity contribution in [1.29, 1.82) is 0 Å². The summed E-state index contributed by atoms with van der Waals surface area (Å²) >= 11 is 0. The second-order valence-electron chi connectivity index (χ2n) is 5.18. The second-order valence-corrected chi connectivity index (χ2v) is 5.18. The Labute approximate surface area is 110 Å². The molecule has 4 heteroatoms. The molecular weight excluding hydrogens is 228 g/mol. The summed E-state index contributed by atoms with van der Waals surface area (Å²) in [6.45, 7) is 1.86. The van der Waals surface area contributed by atoms with Crippen molar-refractivity contribution < 1.29 is 9.59 Å². The number of rotatable bonds is 6. The molecule has 0 aliphatic carbocycles. The highest BCUT2D eigenvalue weighted by Crippen LogP contribution is 2.12. The predicted molar refractivity (Wildman–Crippen MR) is 71.9 cm³/mol. The Balaban J connectivity index is 2.12. The molecule has 1 heterocycles. The Hall–Kier alpha value is -1.06. The SMILES string of the molecule is NC(=O)CCCCCC(=O)N1CCCCCCC1. The van der Waals surface area contributed by atoms with Crippen LogP contribution in [0.2, 0.25) is 0 Å². The van der Waals surface area contributed by atoms with Gasteiger partial charge in [0.15, 0.2) is 0 Å². The van der Waals surface area contributed by atoms with E-state index in [1.165, 1.54) is 19.3 Å². The minimum Gasteiger partial charge on any atom is -0.370 e. The second kappa shape index (κ2) is 8.95. The third kappa shape index (κ3) is 6.62. The smallest absolute Gasteiger partial charge is 0.222 e. The van der Waals surface area contributed by atoms with Crippen molar-refractivity contribution >= 4 is 11.8 Å². The highest BCUT2D eigenvalue weighted by Gasteiger charge is 2.13. The van der Waals surface area contributed by atoms with Crippen molar-refractivity contribution in [2.45, 2.75) is 64.2 Å². The molecule has 0 aromatic heterocycles. The summed E-state index contributed by atoms with van der Waals surface area (Å²) < 4.78 is 0. The number of carbonyl (C=O) groups is 2. The maximum Gasteiger partial charge on any atom is 0.222 e. The lowest BCUT2D eigenvalue weighted by atomic mass is 10.1. The molecule has 1 aliphatic heterocycles. The summed E-state index contributed by atoms with van der Waals surface area (Å²) in [7, 11) is 0. The van der Waals surface area contributed by atoms with Crippen LogP contribution in [0.15, 0.2) is 0 Å². The number of hydrogen-bond donors (Lipinski definition) is 1. The fraction of sp³-hybridized carbons (Fsp3) is 0.857. The molecule has 2 N–H and O–H groups in total. The van der Waals surface area contributed by atoms with Gasteiger partial charge in [0.2, 0.25) is 11.8 Å². The molecule has 0 aromatic carbocycles. The molecule has 0 unspecified atom stereocenters. The molecule has 104 valence electrons. The monoisotopic (exact) mass is 254 g/mol. The molecule has 1 fully saturated rings. The molecule has 0 saturated carbocycles. The molecular formula is C14H26N2O2. The predicted octanol–water partition coefficient (Wildman–Crippen LogP) is 2.21. The van der Waals surface area contributed by atoms with Gasteiger partial charge in [0, 0.05) is 25.9 Å². The lowest BCUT2D eigenvalue weighted by molar-refractivity contribution is -0.131. The first-order valence-corrected chi connectivity index (χ1v) is 7.26. The summed E-state index contributed by atoms with van der Waals surface area (Å²) in [5.74, 6) is 0.0427. The summed E-state index contributed by atoms with van der Waals surface area (Å²) in [5.41, 5.74) is 5.07. The van der Waals surface area contributed by atoms with E-state index >= 15 is 0 Å². The van der Waals surface area contributed by atoms with Gasteiger partial charge in [0.1, 0.15) is 0 Å². The fourth-order valence-electron chi connectivity index (χ4n) is 2.41. The van der Waals surface area contributed by atoms with Gasteiger partial charge in [-0.25, -0.2) is 0 Å². The third-order valence-electron chi connectivity index (χ3n) is 3.52. The van der Waals surface area contributed by atoms with Crippen molar-refractivity contribution in [2.24, 2.45) is 5.73 Å². The first-order chi connectivity index (χ1) is 8.70. The van der Waals surface area contributed by atoms with Gasteiger partial charge in [-0.1, -0.05) is 25.7 Å². The Kier molecular flexibility index (Phi) is 7.46. The zero-order valence-electron chi connectivity index (χ0n) is 11.3. The van der Waals surface area contributed by atoms with E-state index < -0.39 is 0 Å². The summed E-state index contributed by atoms with van der Waals surface area (Å²) in [6, 6.07) is 0. The number of unbranched alkanes of at least 4 members (excludes halogenated alkanes) is 2. The van der Waals surface area contributed by atoms with Crippen LogP contribution >= 0.6 is 0 Å². The number of likely N-dealkylation sites (tertiary alicyclic amines) is 1. The van der Waals surface area contributed by atoms with Gasteiger partial charge >= 0.3 is 0 Å². The van der Waals surface area contributed by atoms with Crippen LogP contribution in [0.3, 0.4) is 0 Å². The summed E-state index contributed by atoms with van der Waals surface area (Å²) in [6.07, 6.45) is 9.78. The van der Waals surface area contributed by atoms with Crippen molar-refractivity contribution in [3.63, 3.8) is 0 Å². The average Bonchev–Trinajstić information content (AvgIpc) is 2.27. The van der Waals surface area contributed by atoms with Crippen LogP contribution in [-0.2, 0) is 9.59 Å². The molecule has 0 radical (unpaired) electrons. The molecule has 0 spiro atoms. The van der Waals surface area contributed by atoms with Crippen LogP contribution in [-0.4, -0.2) is 29.8 Å². The number of hydrogen-bond acceptors (Lipinski definition) is 2. The summed E-state index contributed by atoms with van der Waals surface area (Å²) in [5, 5.41) is 0. The van der Waals surface area contributed by atoms with E-state index in [0.29, 0.717) is 12.8 Å². The van der Waals surface area contributed by atoms with Crippen molar-refractivity contribution in [2.75, 3.05) is 13.1 Å². The van der Waals surface area contributed by atoms with Gasteiger partial charge < -0.3 is 10.6 Å². The molecule has 0 bridgehead atoms. The van der Waals surface area contributed by atoms with Crippen LogP contribution in [0.5, 0.6) is 0 Å². The first kappa shape index (κ1) is 15.0. The lowest BCUT2D eigenvalue weighted by Crippen LogP contribution is -2.33. The van der Waals surface area contributed by atoms with E-state index in [1.807, 2.05) is 4.90 Å². The number of amides is 2. The average molecular weight is 254 g/mol. The Morgan fingerprint density at radius 2 is 1.39 bits per heavy atom. The molecule has 1 rings (SSSR count). The number of nitrogens with zero attached hydrogens (tertiary/aromatic N) is 1. The van der Waals surface area contributed by atoms with E-state index in [0.717, 1.165) is 45.2 Å². The van der Waals surface area contributed by atoms with Gasteiger partial charge in [-0.3, -0.25) is 9.59 Å². The number of nitrogens with two attached hydrogens (primary N) is 1. The van der Waals surface area contributed by atoms with Gasteiger partial charge in [-0.05, 0) is 25.7 Å². The number of carbonyl (C=O) groups excluding carboxylic acids is 2. The maximum absolute atomic E-state index is 12.0. The molecule has 2 amide bonds. The highest BCUT2D eigenvalue weighted by molar-refractivity contribution is 5.76. The maximum atomic E-state index is 12.0. The van der Waals surface area contributed by atoms with Crippen LogP contribution in [0.4, 0.5) is 0 Å². The first-order valence-electron chi connectivity index (χ1n) is 7.26. The fourth-order valence-corrected chi connectivity index (χ4v) is 2.41. The van der Waals surface area contributed by atoms with E-state index in [4.69, 9.17) is 5.73 Å².